The number of aryl methyl sites for hydroxylation is 2. The molecule has 1 aromatic carbocycles. The minimum Gasteiger partial charge on any atom is -0.369 e. The highest BCUT2D eigenvalue weighted by atomic mass is 15.3. The minimum absolute atomic E-state index is 0.516. The van der Waals surface area contributed by atoms with Crippen LogP contribution in [-0.2, 0) is 14.1 Å². The lowest BCUT2D eigenvalue weighted by molar-refractivity contribution is 0.777. The van der Waals surface area contributed by atoms with Crippen LogP contribution in [0.2, 0.25) is 0 Å². The van der Waals surface area contributed by atoms with Gasteiger partial charge in [0.05, 0.1) is 17.2 Å². The second-order valence-corrected chi connectivity index (χ2v) is 4.20. The van der Waals surface area contributed by atoms with Crippen LogP contribution in [0.25, 0.3) is 11.0 Å². The van der Waals surface area contributed by atoms with Crippen molar-refractivity contribution in [3.05, 3.63) is 30.5 Å². The molecule has 18 heavy (non-hydrogen) atoms. The van der Waals surface area contributed by atoms with E-state index in [0.717, 1.165) is 22.5 Å². The molecule has 0 aliphatic carbocycles. The molecule has 0 fully saturated rings. The maximum absolute atomic E-state index is 5.78. The topological polar surface area (TPSA) is 73.7 Å². The Morgan fingerprint density at radius 1 is 1.22 bits per heavy atom. The van der Waals surface area contributed by atoms with E-state index in [0.29, 0.717) is 5.95 Å². The molecular formula is C12H14N6. The Hall–Kier alpha value is -2.50. The summed E-state index contributed by atoms with van der Waals surface area (Å²) in [5.74, 6) is 1.45. The predicted molar refractivity (Wildman–Crippen MR) is 71.6 cm³/mol. The lowest BCUT2D eigenvalue weighted by Crippen LogP contribution is -1.98. The summed E-state index contributed by atoms with van der Waals surface area (Å²) in [7, 11) is 3.79. The van der Waals surface area contributed by atoms with Crippen LogP contribution < -0.4 is 11.1 Å². The van der Waals surface area contributed by atoms with Gasteiger partial charge in [-0.15, -0.1) is 0 Å². The fraction of sp³-hybridized carbons (Fsp3) is 0.167. The van der Waals surface area contributed by atoms with Crippen LogP contribution >= 0.6 is 0 Å². The summed E-state index contributed by atoms with van der Waals surface area (Å²) < 4.78 is 3.64. The number of rotatable bonds is 2. The minimum atomic E-state index is 0.516. The van der Waals surface area contributed by atoms with Crippen LogP contribution in [0.3, 0.4) is 0 Å². The Morgan fingerprint density at radius 2 is 2.06 bits per heavy atom. The zero-order chi connectivity index (χ0) is 12.7. The van der Waals surface area contributed by atoms with Crippen molar-refractivity contribution in [2.45, 2.75) is 0 Å². The number of nitrogens with zero attached hydrogens (tertiary/aromatic N) is 4. The first-order valence-electron chi connectivity index (χ1n) is 5.62. The van der Waals surface area contributed by atoms with Gasteiger partial charge in [0, 0.05) is 25.8 Å². The summed E-state index contributed by atoms with van der Waals surface area (Å²) in [6.45, 7) is 0. The smallest absolute Gasteiger partial charge is 0.200 e. The van der Waals surface area contributed by atoms with Gasteiger partial charge in [-0.1, -0.05) is 0 Å². The summed E-state index contributed by atoms with van der Waals surface area (Å²) >= 11 is 0. The van der Waals surface area contributed by atoms with E-state index in [4.69, 9.17) is 5.73 Å². The summed E-state index contributed by atoms with van der Waals surface area (Å²) in [5.41, 5.74) is 8.64. The third-order valence-corrected chi connectivity index (χ3v) is 3.01. The number of hydrogen-bond acceptors (Lipinski definition) is 4. The van der Waals surface area contributed by atoms with Gasteiger partial charge < -0.3 is 15.6 Å². The Labute approximate surface area is 104 Å². The fourth-order valence-electron chi connectivity index (χ4n) is 1.94. The normalized spacial score (nSPS) is 11.0. The Kier molecular flexibility index (Phi) is 2.22. The van der Waals surface area contributed by atoms with E-state index in [1.54, 1.807) is 10.9 Å². The number of fused-ring (bicyclic) bond motifs is 1. The van der Waals surface area contributed by atoms with E-state index in [1.165, 1.54) is 0 Å². The van der Waals surface area contributed by atoms with Crippen LogP contribution in [0.4, 0.5) is 17.5 Å². The molecule has 0 radical (unpaired) electrons. The summed E-state index contributed by atoms with van der Waals surface area (Å²) in [6.07, 6.45) is 1.75. The maximum Gasteiger partial charge on any atom is 0.200 e. The van der Waals surface area contributed by atoms with E-state index >= 15 is 0 Å². The third-order valence-electron chi connectivity index (χ3n) is 3.01. The molecule has 6 nitrogen and oxygen atoms in total. The average molecular weight is 242 g/mol. The molecule has 0 spiro atoms. The molecule has 0 unspecified atom stereocenters. The molecule has 2 aromatic heterocycles. The number of nitrogens with two attached hydrogens (primary N) is 1. The lowest BCUT2D eigenvalue weighted by Gasteiger charge is -2.06. The lowest BCUT2D eigenvalue weighted by atomic mass is 10.2. The van der Waals surface area contributed by atoms with Crippen molar-refractivity contribution in [1.82, 2.24) is 19.3 Å². The van der Waals surface area contributed by atoms with Gasteiger partial charge in [0.1, 0.15) is 5.82 Å². The van der Waals surface area contributed by atoms with Crippen molar-refractivity contribution < 1.29 is 0 Å². The summed E-state index contributed by atoms with van der Waals surface area (Å²) in [6, 6.07) is 7.88. The molecule has 2 heterocycles. The van der Waals surface area contributed by atoms with Gasteiger partial charge in [-0.25, -0.2) is 4.98 Å². The van der Waals surface area contributed by atoms with Crippen LogP contribution in [0.1, 0.15) is 0 Å². The van der Waals surface area contributed by atoms with E-state index in [1.807, 2.05) is 42.9 Å². The quantitative estimate of drug-likeness (QED) is 0.716. The summed E-state index contributed by atoms with van der Waals surface area (Å²) in [5, 5.41) is 7.39. The average Bonchev–Trinajstić information content (AvgIpc) is 2.86. The van der Waals surface area contributed by atoms with Gasteiger partial charge in [0.2, 0.25) is 5.95 Å². The fourth-order valence-corrected chi connectivity index (χ4v) is 1.94. The van der Waals surface area contributed by atoms with E-state index in [2.05, 4.69) is 15.4 Å². The van der Waals surface area contributed by atoms with Gasteiger partial charge in [-0.05, 0) is 18.2 Å². The van der Waals surface area contributed by atoms with Gasteiger partial charge in [0.25, 0.3) is 0 Å². The monoisotopic (exact) mass is 242 g/mol. The molecule has 6 heteroatoms. The summed E-state index contributed by atoms with van der Waals surface area (Å²) in [4.78, 5) is 4.30. The first-order chi connectivity index (χ1) is 8.65. The van der Waals surface area contributed by atoms with Crippen LogP contribution in [0, 0.1) is 0 Å². The number of benzene rings is 1. The number of anilines is 3. The second-order valence-electron chi connectivity index (χ2n) is 4.20. The number of aromatic nitrogens is 4. The number of imidazole rings is 1. The second kappa shape index (κ2) is 3.76. The Morgan fingerprint density at radius 3 is 2.78 bits per heavy atom. The standard InChI is InChI=1S/C12H14N6/c1-17-10-4-3-8(7-9(10)16-12(17)13)15-11-5-6-14-18(11)2/h3-7,15H,1-2H3,(H2,13,16). The van der Waals surface area contributed by atoms with E-state index in [9.17, 15) is 0 Å². The zero-order valence-corrected chi connectivity index (χ0v) is 10.3. The number of hydrogen-bond donors (Lipinski definition) is 2. The van der Waals surface area contributed by atoms with E-state index in [-0.39, 0.29) is 0 Å². The van der Waals surface area contributed by atoms with Crippen molar-refractivity contribution in [1.29, 1.82) is 0 Å². The molecule has 0 aliphatic heterocycles. The largest absolute Gasteiger partial charge is 0.369 e. The van der Waals surface area contributed by atoms with Gasteiger partial charge in [-0.2, -0.15) is 5.10 Å². The molecule has 0 bridgehead atoms. The van der Waals surface area contributed by atoms with Gasteiger partial charge >= 0.3 is 0 Å². The molecule has 92 valence electrons. The molecule has 3 rings (SSSR count). The molecule has 0 saturated heterocycles. The predicted octanol–water partition coefficient (Wildman–Crippen LogP) is 1.63. The first-order valence-corrected chi connectivity index (χ1v) is 5.62. The highest BCUT2D eigenvalue weighted by Gasteiger charge is 2.06. The third kappa shape index (κ3) is 1.58. The van der Waals surface area contributed by atoms with Crippen LogP contribution in [0.5, 0.6) is 0 Å². The van der Waals surface area contributed by atoms with Crippen molar-refractivity contribution in [3.8, 4) is 0 Å². The first kappa shape index (κ1) is 10.6. The zero-order valence-electron chi connectivity index (χ0n) is 10.3. The maximum atomic E-state index is 5.78. The molecule has 0 amide bonds. The molecule has 0 aliphatic rings. The highest BCUT2D eigenvalue weighted by molar-refractivity contribution is 5.82. The van der Waals surface area contributed by atoms with Crippen molar-refractivity contribution in [3.63, 3.8) is 0 Å². The highest BCUT2D eigenvalue weighted by Crippen LogP contribution is 2.22. The molecule has 3 aromatic rings. The van der Waals surface area contributed by atoms with Gasteiger partial charge in [-0.3, -0.25) is 4.68 Å². The molecule has 0 saturated carbocycles. The molecule has 0 atom stereocenters. The van der Waals surface area contributed by atoms with Crippen molar-refractivity contribution in [2.24, 2.45) is 14.1 Å². The number of nitrogens with one attached hydrogen (secondary N) is 1. The van der Waals surface area contributed by atoms with E-state index < -0.39 is 0 Å². The SMILES string of the molecule is Cn1nccc1Nc1ccc2c(c1)nc(N)n2C. The van der Waals surface area contributed by atoms with Crippen molar-refractivity contribution >= 4 is 28.5 Å². The van der Waals surface area contributed by atoms with Crippen LogP contribution in [0.15, 0.2) is 30.5 Å². The van der Waals surface area contributed by atoms with Gasteiger partial charge in [0.15, 0.2) is 0 Å². The molecular weight excluding hydrogens is 228 g/mol. The Bertz CT molecular complexity index is 709. The van der Waals surface area contributed by atoms with Crippen molar-refractivity contribution in [2.75, 3.05) is 11.1 Å². The van der Waals surface area contributed by atoms with Crippen LogP contribution in [-0.4, -0.2) is 19.3 Å². The number of nitrogen functional groups attached to an aromatic ring is 1. The Balaban J connectivity index is 2.01. The molecule has 3 N–H and O–H groups in total.